The van der Waals surface area contributed by atoms with Crippen molar-refractivity contribution in [2.75, 3.05) is 13.1 Å². The van der Waals surface area contributed by atoms with Gasteiger partial charge in [-0.05, 0) is 42.7 Å². The topological polar surface area (TPSA) is 65.7 Å². The van der Waals surface area contributed by atoms with Crippen LogP contribution in [0.1, 0.15) is 28.8 Å². The fraction of sp³-hybridized carbons (Fsp3) is 0.286. The summed E-state index contributed by atoms with van der Waals surface area (Å²) in [5.74, 6) is 0.137. The molecule has 1 amide bonds. The number of para-hydroxylation sites is 1. The van der Waals surface area contributed by atoms with Gasteiger partial charge in [0.2, 0.25) is 0 Å². The normalized spacial score (nSPS) is 15.9. The molecule has 0 saturated carbocycles. The van der Waals surface area contributed by atoms with Crippen molar-refractivity contribution in [3.05, 3.63) is 64.9 Å². The summed E-state index contributed by atoms with van der Waals surface area (Å²) in [6.07, 6.45) is 3.27. The molecule has 0 bridgehead atoms. The van der Waals surface area contributed by atoms with E-state index in [1.165, 1.54) is 6.26 Å². The van der Waals surface area contributed by atoms with E-state index in [-0.39, 0.29) is 17.7 Å². The van der Waals surface area contributed by atoms with Crippen LogP contribution in [0.2, 0.25) is 5.02 Å². The van der Waals surface area contributed by atoms with E-state index in [0.717, 1.165) is 42.5 Å². The van der Waals surface area contributed by atoms with E-state index in [4.69, 9.17) is 16.0 Å². The Morgan fingerprint density at radius 3 is 2.81 bits per heavy atom. The number of rotatable bonds is 4. The Labute approximate surface area is 162 Å². The predicted molar refractivity (Wildman–Crippen MR) is 105 cm³/mol. The van der Waals surface area contributed by atoms with Crippen LogP contribution in [0.25, 0.3) is 11.0 Å². The van der Waals surface area contributed by atoms with Crippen molar-refractivity contribution in [3.8, 4) is 5.75 Å². The number of fused-ring (bicyclic) bond motifs is 1. The summed E-state index contributed by atoms with van der Waals surface area (Å²) in [7, 11) is 0. The average Bonchev–Trinajstić information content (AvgIpc) is 3.10. The number of carbonyl (C=O) groups excluding carboxylic acids is 1. The number of amides is 1. The fourth-order valence-corrected chi connectivity index (χ4v) is 3.75. The Morgan fingerprint density at radius 1 is 1.22 bits per heavy atom. The van der Waals surface area contributed by atoms with Crippen LogP contribution in [-0.2, 0) is 6.54 Å². The third kappa shape index (κ3) is 3.94. The lowest BCUT2D eigenvalue weighted by Crippen LogP contribution is -2.44. The maximum absolute atomic E-state index is 12.6. The second-order valence-electron chi connectivity index (χ2n) is 6.95. The zero-order valence-corrected chi connectivity index (χ0v) is 15.6. The number of phenols is 1. The molecule has 4 rings (SSSR count). The number of furan rings is 1. The number of aromatic hydroxyl groups is 1. The van der Waals surface area contributed by atoms with Gasteiger partial charge in [-0.2, -0.15) is 0 Å². The molecule has 0 unspecified atom stereocenters. The first-order valence-electron chi connectivity index (χ1n) is 9.07. The monoisotopic (exact) mass is 384 g/mol. The summed E-state index contributed by atoms with van der Waals surface area (Å²) in [5, 5.41) is 14.3. The molecule has 2 heterocycles. The van der Waals surface area contributed by atoms with Crippen molar-refractivity contribution in [1.29, 1.82) is 0 Å². The molecule has 1 saturated heterocycles. The van der Waals surface area contributed by atoms with Gasteiger partial charge in [0, 0.05) is 36.1 Å². The van der Waals surface area contributed by atoms with Crippen LogP contribution in [0.15, 0.2) is 53.1 Å². The van der Waals surface area contributed by atoms with Crippen LogP contribution >= 0.6 is 11.6 Å². The van der Waals surface area contributed by atoms with Crippen LogP contribution in [-0.4, -0.2) is 35.0 Å². The number of phenolic OH excluding ortho intramolecular Hbond substituents is 1. The number of halogens is 1. The van der Waals surface area contributed by atoms with Gasteiger partial charge in [-0.3, -0.25) is 9.69 Å². The summed E-state index contributed by atoms with van der Waals surface area (Å²) in [4.78, 5) is 14.9. The van der Waals surface area contributed by atoms with E-state index >= 15 is 0 Å². The van der Waals surface area contributed by atoms with Gasteiger partial charge in [-0.1, -0.05) is 29.8 Å². The average molecular weight is 385 g/mol. The van der Waals surface area contributed by atoms with Crippen LogP contribution in [0.5, 0.6) is 5.75 Å². The van der Waals surface area contributed by atoms with Crippen molar-refractivity contribution >= 4 is 28.5 Å². The first-order valence-corrected chi connectivity index (χ1v) is 9.45. The summed E-state index contributed by atoms with van der Waals surface area (Å²) in [6, 6.07) is 12.7. The van der Waals surface area contributed by atoms with Crippen molar-refractivity contribution in [3.63, 3.8) is 0 Å². The molecule has 5 nitrogen and oxygen atoms in total. The van der Waals surface area contributed by atoms with E-state index in [9.17, 15) is 9.90 Å². The lowest BCUT2D eigenvalue weighted by atomic mass is 10.0. The van der Waals surface area contributed by atoms with Gasteiger partial charge in [0.05, 0.1) is 5.56 Å². The lowest BCUT2D eigenvalue weighted by Gasteiger charge is -2.32. The number of piperidine rings is 1. The maximum atomic E-state index is 12.6. The Hall–Kier alpha value is -2.50. The molecule has 1 aliphatic heterocycles. The highest BCUT2D eigenvalue weighted by Crippen LogP contribution is 2.25. The highest BCUT2D eigenvalue weighted by Gasteiger charge is 2.23. The molecular formula is C21H21ClN2O3. The van der Waals surface area contributed by atoms with E-state index in [2.05, 4.69) is 10.2 Å². The van der Waals surface area contributed by atoms with Crippen molar-refractivity contribution < 1.29 is 14.3 Å². The van der Waals surface area contributed by atoms with E-state index < -0.39 is 0 Å². The van der Waals surface area contributed by atoms with Gasteiger partial charge in [-0.25, -0.2) is 0 Å². The van der Waals surface area contributed by atoms with Gasteiger partial charge >= 0.3 is 0 Å². The maximum Gasteiger partial charge on any atom is 0.255 e. The van der Waals surface area contributed by atoms with E-state index in [0.29, 0.717) is 17.1 Å². The van der Waals surface area contributed by atoms with Gasteiger partial charge < -0.3 is 14.8 Å². The molecular weight excluding hydrogens is 364 g/mol. The molecule has 1 aliphatic rings. The third-order valence-electron chi connectivity index (χ3n) is 5.07. The molecule has 27 heavy (non-hydrogen) atoms. The summed E-state index contributed by atoms with van der Waals surface area (Å²) < 4.78 is 5.46. The summed E-state index contributed by atoms with van der Waals surface area (Å²) in [5.41, 5.74) is 2.23. The minimum absolute atomic E-state index is 0.0885. The smallest absolute Gasteiger partial charge is 0.255 e. The number of nitrogens with one attached hydrogen (secondary N) is 1. The van der Waals surface area contributed by atoms with Gasteiger partial charge in [-0.15, -0.1) is 0 Å². The van der Waals surface area contributed by atoms with Gasteiger partial charge in [0.1, 0.15) is 17.6 Å². The molecule has 140 valence electrons. The summed E-state index contributed by atoms with van der Waals surface area (Å²) in [6.45, 7) is 2.42. The standard InChI is InChI=1S/C21H21ClN2O3/c22-19-6-5-16(25)11-14(19)12-24-9-7-15(8-10-24)23-21(26)18-13-27-20-4-2-1-3-17(18)20/h1-6,11,13,15,25H,7-10,12H2,(H,23,26). The minimum Gasteiger partial charge on any atom is -0.508 e. The first-order chi connectivity index (χ1) is 13.1. The van der Waals surface area contributed by atoms with Crippen LogP contribution < -0.4 is 5.32 Å². The Bertz CT molecular complexity index is 961. The molecule has 6 heteroatoms. The second kappa shape index (κ2) is 7.62. The number of likely N-dealkylation sites (tertiary alicyclic amines) is 1. The zero-order valence-electron chi connectivity index (χ0n) is 14.8. The van der Waals surface area contributed by atoms with Crippen molar-refractivity contribution in [1.82, 2.24) is 10.2 Å². The minimum atomic E-state index is -0.0885. The SMILES string of the molecule is O=C(NC1CCN(Cc2cc(O)ccc2Cl)CC1)c1coc2ccccc12. The quantitative estimate of drug-likeness (QED) is 0.708. The molecule has 2 aromatic carbocycles. The molecule has 0 radical (unpaired) electrons. The van der Waals surface area contributed by atoms with E-state index in [1.807, 2.05) is 24.3 Å². The second-order valence-corrected chi connectivity index (χ2v) is 7.35. The fourth-order valence-electron chi connectivity index (χ4n) is 3.58. The Morgan fingerprint density at radius 2 is 2.00 bits per heavy atom. The molecule has 3 aromatic rings. The number of hydrogen-bond donors (Lipinski definition) is 2. The number of nitrogens with zero attached hydrogens (tertiary/aromatic N) is 1. The van der Waals surface area contributed by atoms with Crippen LogP contribution in [0, 0.1) is 0 Å². The highest BCUT2D eigenvalue weighted by atomic mass is 35.5. The Balaban J connectivity index is 1.34. The summed E-state index contributed by atoms with van der Waals surface area (Å²) >= 11 is 6.21. The number of carbonyl (C=O) groups is 1. The zero-order chi connectivity index (χ0) is 18.8. The molecule has 1 aromatic heterocycles. The molecule has 1 fully saturated rings. The third-order valence-corrected chi connectivity index (χ3v) is 5.44. The van der Waals surface area contributed by atoms with Gasteiger partial charge in [0.15, 0.2) is 0 Å². The van der Waals surface area contributed by atoms with Crippen molar-refractivity contribution in [2.24, 2.45) is 0 Å². The highest BCUT2D eigenvalue weighted by molar-refractivity contribution is 6.31. The number of benzene rings is 2. The Kier molecular flexibility index (Phi) is 5.05. The molecule has 0 aliphatic carbocycles. The van der Waals surface area contributed by atoms with E-state index in [1.54, 1.807) is 18.2 Å². The predicted octanol–water partition coefficient (Wildman–Crippen LogP) is 4.19. The van der Waals surface area contributed by atoms with Crippen molar-refractivity contribution in [2.45, 2.75) is 25.4 Å². The van der Waals surface area contributed by atoms with Gasteiger partial charge in [0.25, 0.3) is 5.91 Å². The first kappa shape index (κ1) is 17.9. The molecule has 2 N–H and O–H groups in total. The lowest BCUT2D eigenvalue weighted by molar-refractivity contribution is 0.0909. The molecule has 0 spiro atoms. The van der Waals surface area contributed by atoms with Crippen LogP contribution in [0.4, 0.5) is 0 Å². The largest absolute Gasteiger partial charge is 0.508 e. The molecule has 0 atom stereocenters. The number of hydrogen-bond acceptors (Lipinski definition) is 4. The van der Waals surface area contributed by atoms with Crippen LogP contribution in [0.3, 0.4) is 0 Å².